The van der Waals surface area contributed by atoms with Crippen LogP contribution >= 0.6 is 0 Å². The summed E-state index contributed by atoms with van der Waals surface area (Å²) in [4.78, 5) is 14.6. The summed E-state index contributed by atoms with van der Waals surface area (Å²) in [5.74, 6) is 0.624. The molecule has 1 aliphatic heterocycles. The van der Waals surface area contributed by atoms with Crippen molar-refractivity contribution in [3.05, 3.63) is 36.4 Å². The van der Waals surface area contributed by atoms with Gasteiger partial charge in [-0.3, -0.25) is 0 Å². The van der Waals surface area contributed by atoms with Crippen molar-refractivity contribution in [2.24, 2.45) is 5.73 Å². The van der Waals surface area contributed by atoms with Crippen molar-refractivity contribution in [1.29, 1.82) is 0 Å². The fourth-order valence-corrected chi connectivity index (χ4v) is 3.06. The number of rotatable bonds is 4. The number of nitrogens with two attached hydrogens (primary N) is 1. The maximum absolute atomic E-state index is 12.9. The van der Waals surface area contributed by atoms with Gasteiger partial charge in [-0.2, -0.15) is 5.10 Å². The Morgan fingerprint density at radius 1 is 1.27 bits per heavy atom. The van der Waals surface area contributed by atoms with Crippen LogP contribution < -0.4 is 10.6 Å². The average Bonchev–Trinajstić information content (AvgIpc) is 3.25. The summed E-state index contributed by atoms with van der Waals surface area (Å²) in [6.07, 6.45) is 0.803. The van der Waals surface area contributed by atoms with E-state index in [1.54, 1.807) is 6.07 Å². The van der Waals surface area contributed by atoms with E-state index in [2.05, 4.69) is 20.1 Å². The monoisotopic (exact) mass is 361 g/mol. The summed E-state index contributed by atoms with van der Waals surface area (Å²) in [5.41, 5.74) is 5.80. The number of alkyl halides is 2. The highest BCUT2D eigenvalue weighted by atomic mass is 19.3. The van der Waals surface area contributed by atoms with Crippen molar-refractivity contribution in [3.63, 3.8) is 0 Å². The van der Waals surface area contributed by atoms with E-state index in [1.165, 1.54) is 29.2 Å². The van der Waals surface area contributed by atoms with Gasteiger partial charge < -0.3 is 15.7 Å². The number of halogens is 2. The van der Waals surface area contributed by atoms with E-state index in [-0.39, 0.29) is 12.2 Å². The second-order valence-electron chi connectivity index (χ2n) is 6.33. The van der Waals surface area contributed by atoms with Gasteiger partial charge in [-0.25, -0.2) is 28.2 Å². The molecule has 0 saturated carbocycles. The van der Waals surface area contributed by atoms with Crippen molar-refractivity contribution in [1.82, 2.24) is 24.6 Å². The zero-order valence-corrected chi connectivity index (χ0v) is 13.8. The topological polar surface area (TPSA) is 105 Å². The first-order chi connectivity index (χ1) is 12.5. The molecular formula is C16H17F2N7O. The Morgan fingerprint density at radius 2 is 2.12 bits per heavy atom. The van der Waals surface area contributed by atoms with Gasteiger partial charge in [0.05, 0.1) is 17.5 Å². The molecule has 8 nitrogen and oxygen atoms in total. The van der Waals surface area contributed by atoms with E-state index in [9.17, 15) is 13.9 Å². The molecule has 1 aliphatic rings. The third-order valence-corrected chi connectivity index (χ3v) is 4.56. The molecule has 0 aliphatic carbocycles. The van der Waals surface area contributed by atoms with Crippen molar-refractivity contribution in [3.8, 4) is 11.4 Å². The van der Waals surface area contributed by atoms with Gasteiger partial charge in [0.1, 0.15) is 23.5 Å². The highest BCUT2D eigenvalue weighted by Crippen LogP contribution is 2.27. The summed E-state index contributed by atoms with van der Waals surface area (Å²) in [5, 5.41) is 14.3. The number of β-amino-alcohol motifs (C(OH)–C–C–N with tert-alkyl or cyclic N) is 1. The summed E-state index contributed by atoms with van der Waals surface area (Å²) >= 11 is 0. The Balaban J connectivity index is 1.71. The van der Waals surface area contributed by atoms with E-state index in [0.29, 0.717) is 42.4 Å². The first kappa shape index (κ1) is 16.7. The van der Waals surface area contributed by atoms with Crippen LogP contribution in [0.1, 0.15) is 18.5 Å². The van der Waals surface area contributed by atoms with E-state index >= 15 is 0 Å². The molecular weight excluding hydrogens is 344 g/mol. The van der Waals surface area contributed by atoms with Gasteiger partial charge in [0.15, 0.2) is 5.65 Å². The quantitative estimate of drug-likeness (QED) is 0.715. The predicted octanol–water partition coefficient (Wildman–Crippen LogP) is 1.02. The Morgan fingerprint density at radius 3 is 2.85 bits per heavy atom. The Kier molecular flexibility index (Phi) is 4.00. The molecule has 1 saturated heterocycles. The van der Waals surface area contributed by atoms with Crippen LogP contribution in [0.4, 0.5) is 14.6 Å². The largest absolute Gasteiger partial charge is 0.387 e. The third-order valence-electron chi connectivity index (χ3n) is 4.56. The van der Waals surface area contributed by atoms with Gasteiger partial charge in [0.25, 0.3) is 6.43 Å². The molecule has 1 fully saturated rings. The van der Waals surface area contributed by atoms with E-state index in [0.717, 1.165) is 0 Å². The molecule has 26 heavy (non-hydrogen) atoms. The number of imidazole rings is 1. The van der Waals surface area contributed by atoms with Crippen molar-refractivity contribution in [2.75, 3.05) is 24.5 Å². The van der Waals surface area contributed by atoms with Gasteiger partial charge in [-0.05, 0) is 18.6 Å². The molecule has 3 N–H and O–H groups in total. The Hall–Kier alpha value is -2.72. The minimum atomic E-state index is -2.67. The van der Waals surface area contributed by atoms with Crippen LogP contribution in [0, 0.1) is 0 Å². The molecule has 3 aromatic rings. The van der Waals surface area contributed by atoms with Gasteiger partial charge >= 0.3 is 0 Å². The molecule has 0 radical (unpaired) electrons. The molecule has 1 unspecified atom stereocenters. The van der Waals surface area contributed by atoms with Crippen LogP contribution in [0.5, 0.6) is 0 Å². The zero-order chi connectivity index (χ0) is 18.3. The smallest absolute Gasteiger partial charge is 0.282 e. The molecule has 136 valence electrons. The zero-order valence-electron chi connectivity index (χ0n) is 13.8. The number of fused-ring (bicyclic) bond motifs is 1. The second kappa shape index (κ2) is 6.22. The molecule has 0 spiro atoms. The normalized spacial score (nSPS) is 20.4. The van der Waals surface area contributed by atoms with Crippen LogP contribution in [0.2, 0.25) is 0 Å². The molecule has 4 heterocycles. The van der Waals surface area contributed by atoms with Gasteiger partial charge in [0, 0.05) is 25.7 Å². The second-order valence-corrected chi connectivity index (χ2v) is 6.33. The number of nitrogens with zero attached hydrogens (tertiary/aromatic N) is 6. The highest BCUT2D eigenvalue weighted by molar-refractivity contribution is 5.62. The van der Waals surface area contributed by atoms with Crippen molar-refractivity contribution < 1.29 is 13.9 Å². The summed E-state index contributed by atoms with van der Waals surface area (Å²) in [6.45, 7) is 1.17. The van der Waals surface area contributed by atoms with Crippen LogP contribution in [0.15, 0.2) is 30.7 Å². The molecule has 1 atom stereocenters. The predicted molar refractivity (Wildman–Crippen MR) is 89.8 cm³/mol. The summed E-state index contributed by atoms with van der Waals surface area (Å²) < 4.78 is 27.2. The number of hydrogen-bond donors (Lipinski definition) is 2. The number of hydrogen-bond acceptors (Lipinski definition) is 7. The lowest BCUT2D eigenvalue weighted by molar-refractivity contribution is 0.0725. The third kappa shape index (κ3) is 2.86. The van der Waals surface area contributed by atoms with Crippen LogP contribution in [-0.2, 0) is 0 Å². The first-order valence-electron chi connectivity index (χ1n) is 8.12. The lowest BCUT2D eigenvalue weighted by Crippen LogP contribution is -2.40. The molecule has 0 amide bonds. The van der Waals surface area contributed by atoms with Crippen molar-refractivity contribution in [2.45, 2.75) is 18.4 Å². The fraction of sp³-hybridized carbons (Fsp3) is 0.375. The van der Waals surface area contributed by atoms with E-state index in [4.69, 9.17) is 5.73 Å². The molecule has 0 aromatic carbocycles. The molecule has 0 bridgehead atoms. The highest BCUT2D eigenvalue weighted by Gasteiger charge is 2.35. The van der Waals surface area contributed by atoms with E-state index in [1.807, 2.05) is 4.90 Å². The summed E-state index contributed by atoms with van der Waals surface area (Å²) in [7, 11) is 0. The SMILES string of the molecule is NCC1(O)CCN(c2cc(-c3cnc4ccc(C(F)F)nn34)ncn2)C1. The molecule has 4 rings (SSSR count). The van der Waals surface area contributed by atoms with Gasteiger partial charge in [-0.15, -0.1) is 0 Å². The maximum Gasteiger partial charge on any atom is 0.282 e. The molecule has 10 heteroatoms. The number of aromatic nitrogens is 5. The van der Waals surface area contributed by atoms with E-state index < -0.39 is 12.0 Å². The first-order valence-corrected chi connectivity index (χ1v) is 8.12. The number of aliphatic hydroxyl groups is 1. The van der Waals surface area contributed by atoms with Crippen LogP contribution in [0.3, 0.4) is 0 Å². The minimum absolute atomic E-state index is 0.176. The molecule has 3 aromatic heterocycles. The van der Waals surface area contributed by atoms with Gasteiger partial charge in [0.2, 0.25) is 0 Å². The standard InChI is InChI=1S/C16H17F2N7O/c17-15(18)10-1-2-13-20-6-12(25(13)23-10)11-5-14(22-9-21-11)24-4-3-16(26,7-19)8-24/h1-2,5-6,9,15,26H,3-4,7-8,19H2. The fourth-order valence-electron chi connectivity index (χ4n) is 3.06. The lowest BCUT2D eigenvalue weighted by Gasteiger charge is -2.22. The summed E-state index contributed by atoms with van der Waals surface area (Å²) in [6, 6.07) is 4.46. The van der Waals surface area contributed by atoms with Crippen LogP contribution in [0.25, 0.3) is 17.0 Å². The Labute approximate surface area is 147 Å². The average molecular weight is 361 g/mol. The number of anilines is 1. The van der Waals surface area contributed by atoms with Crippen LogP contribution in [-0.4, -0.2) is 54.9 Å². The minimum Gasteiger partial charge on any atom is -0.387 e. The van der Waals surface area contributed by atoms with Gasteiger partial charge in [-0.1, -0.05) is 0 Å². The maximum atomic E-state index is 12.9. The van der Waals surface area contributed by atoms with Crippen molar-refractivity contribution >= 4 is 11.5 Å². The Bertz CT molecular complexity index is 947. The lowest BCUT2D eigenvalue weighted by atomic mass is 10.0.